The van der Waals surface area contributed by atoms with E-state index in [-0.39, 0.29) is 43.8 Å². The fourth-order valence-corrected chi connectivity index (χ4v) is 5.25. The first kappa shape index (κ1) is 29.9. The van der Waals surface area contributed by atoms with Gasteiger partial charge in [0.2, 0.25) is 21.8 Å². The Kier molecular flexibility index (Phi) is 11.1. The third kappa shape index (κ3) is 8.39. The van der Waals surface area contributed by atoms with Crippen LogP contribution in [0.3, 0.4) is 0 Å². The van der Waals surface area contributed by atoms with Crippen molar-refractivity contribution in [3.8, 4) is 0 Å². The van der Waals surface area contributed by atoms with Gasteiger partial charge in [0.1, 0.15) is 6.04 Å². The number of hydrogen-bond donors (Lipinski definition) is 1. The monoisotopic (exact) mass is 555 g/mol. The van der Waals surface area contributed by atoms with Gasteiger partial charge in [-0.15, -0.1) is 0 Å². The molecule has 1 N–H and O–H groups in total. The van der Waals surface area contributed by atoms with Gasteiger partial charge in [0.05, 0.1) is 11.9 Å². The van der Waals surface area contributed by atoms with Crippen LogP contribution >= 0.6 is 23.2 Å². The predicted molar refractivity (Wildman–Crippen MR) is 147 cm³/mol. The first-order valence-electron chi connectivity index (χ1n) is 11.9. The number of nitrogens with one attached hydrogen (secondary N) is 1. The summed E-state index contributed by atoms with van der Waals surface area (Å²) in [6, 6.07) is 11.5. The number of amides is 2. The number of carbonyl (C=O) groups excluding carboxylic acids is 2. The molecule has 0 unspecified atom stereocenters. The zero-order valence-electron chi connectivity index (χ0n) is 21.4. The molecule has 1 atom stereocenters. The minimum absolute atomic E-state index is 0.0664. The highest BCUT2D eigenvalue weighted by molar-refractivity contribution is 7.92. The maximum absolute atomic E-state index is 13.4. The van der Waals surface area contributed by atoms with Crippen LogP contribution in [0.2, 0.25) is 10.0 Å². The van der Waals surface area contributed by atoms with Gasteiger partial charge in [-0.25, -0.2) is 8.42 Å². The summed E-state index contributed by atoms with van der Waals surface area (Å²) in [5.41, 5.74) is 1.98. The Morgan fingerprint density at radius 3 is 2.25 bits per heavy atom. The molecule has 0 saturated heterocycles. The number of anilines is 1. The molecule has 2 amide bonds. The molecular weight excluding hydrogens is 521 g/mol. The van der Waals surface area contributed by atoms with E-state index in [1.165, 1.54) is 4.31 Å². The largest absolute Gasteiger partial charge is 0.352 e. The van der Waals surface area contributed by atoms with E-state index >= 15 is 0 Å². The van der Waals surface area contributed by atoms with Gasteiger partial charge in [0.15, 0.2) is 0 Å². The number of carbonyl (C=O) groups is 2. The van der Waals surface area contributed by atoms with Crippen LogP contribution < -0.4 is 9.62 Å². The number of nitrogens with zero attached hydrogens (tertiary/aromatic N) is 2. The van der Waals surface area contributed by atoms with E-state index in [1.54, 1.807) is 42.2 Å². The average Bonchev–Trinajstić information content (AvgIpc) is 2.78. The molecule has 0 radical (unpaired) electrons. The molecule has 0 aromatic heterocycles. The van der Waals surface area contributed by atoms with Gasteiger partial charge in [-0.1, -0.05) is 48.3 Å². The highest BCUT2D eigenvalue weighted by atomic mass is 35.5. The summed E-state index contributed by atoms with van der Waals surface area (Å²) in [6.45, 7) is 7.70. The number of halogens is 2. The lowest BCUT2D eigenvalue weighted by Gasteiger charge is -2.31. The Hall–Kier alpha value is -2.29. The highest BCUT2D eigenvalue weighted by Gasteiger charge is 2.29. The molecule has 0 heterocycles. The number of hydrogen-bond acceptors (Lipinski definition) is 4. The second-order valence-corrected chi connectivity index (χ2v) is 11.8. The molecule has 2 aromatic rings. The minimum Gasteiger partial charge on any atom is -0.352 e. The third-order valence-electron chi connectivity index (χ3n) is 5.74. The van der Waals surface area contributed by atoms with E-state index in [0.29, 0.717) is 27.7 Å². The van der Waals surface area contributed by atoms with Crippen LogP contribution in [0.1, 0.15) is 51.2 Å². The Bertz CT molecular complexity index is 1150. The fraction of sp³-hybridized carbons (Fsp3) is 0.462. The van der Waals surface area contributed by atoms with Crippen molar-refractivity contribution in [2.45, 2.75) is 65.6 Å². The van der Waals surface area contributed by atoms with Crippen LogP contribution in [-0.2, 0) is 26.2 Å². The zero-order valence-corrected chi connectivity index (χ0v) is 23.8. The lowest BCUT2D eigenvalue weighted by Crippen LogP contribution is -2.50. The molecule has 0 spiro atoms. The van der Waals surface area contributed by atoms with Gasteiger partial charge in [-0.2, -0.15) is 0 Å². The molecule has 36 heavy (non-hydrogen) atoms. The molecule has 0 saturated carbocycles. The van der Waals surface area contributed by atoms with Crippen LogP contribution in [0, 0.1) is 6.92 Å². The van der Waals surface area contributed by atoms with Crippen LogP contribution in [0.25, 0.3) is 0 Å². The molecule has 0 fully saturated rings. The van der Waals surface area contributed by atoms with E-state index in [2.05, 4.69) is 5.32 Å². The van der Waals surface area contributed by atoms with Crippen molar-refractivity contribution in [1.29, 1.82) is 0 Å². The first-order valence-corrected chi connectivity index (χ1v) is 14.5. The maximum atomic E-state index is 13.4. The molecule has 0 aliphatic carbocycles. The van der Waals surface area contributed by atoms with Gasteiger partial charge in [0.25, 0.3) is 0 Å². The smallest absolute Gasteiger partial charge is 0.243 e. The summed E-state index contributed by atoms with van der Waals surface area (Å²) in [7, 11) is -3.60. The number of benzene rings is 2. The Morgan fingerprint density at radius 2 is 1.69 bits per heavy atom. The summed E-state index contributed by atoms with van der Waals surface area (Å²) in [5.74, 6) is -0.450. The van der Waals surface area contributed by atoms with E-state index in [9.17, 15) is 18.0 Å². The van der Waals surface area contributed by atoms with E-state index < -0.39 is 16.1 Å². The van der Waals surface area contributed by atoms with Crippen LogP contribution in [0.15, 0.2) is 42.5 Å². The normalized spacial score (nSPS) is 12.3. The molecular formula is C26H35Cl2N3O4S. The van der Waals surface area contributed by atoms with Crippen LogP contribution in [0.5, 0.6) is 0 Å². The summed E-state index contributed by atoms with van der Waals surface area (Å²) in [6.07, 6.45) is 1.92. The first-order chi connectivity index (χ1) is 16.8. The quantitative estimate of drug-likeness (QED) is 0.391. The van der Waals surface area contributed by atoms with Gasteiger partial charge >= 0.3 is 0 Å². The molecule has 10 heteroatoms. The van der Waals surface area contributed by atoms with Gasteiger partial charge in [-0.05, 0) is 69.0 Å². The van der Waals surface area contributed by atoms with E-state index in [4.69, 9.17) is 23.2 Å². The molecule has 7 nitrogen and oxygen atoms in total. The van der Waals surface area contributed by atoms with Crippen molar-refractivity contribution in [1.82, 2.24) is 10.2 Å². The van der Waals surface area contributed by atoms with Crippen LogP contribution in [0.4, 0.5) is 5.69 Å². The van der Waals surface area contributed by atoms with Crippen molar-refractivity contribution in [2.75, 3.05) is 17.1 Å². The number of sulfonamides is 1. The summed E-state index contributed by atoms with van der Waals surface area (Å²) >= 11 is 12.2. The molecule has 2 rings (SSSR count). The van der Waals surface area contributed by atoms with Gasteiger partial charge in [0, 0.05) is 35.6 Å². The number of rotatable bonds is 12. The highest BCUT2D eigenvalue weighted by Crippen LogP contribution is 2.28. The Labute approximate surface area is 224 Å². The van der Waals surface area contributed by atoms with Crippen molar-refractivity contribution in [3.63, 3.8) is 0 Å². The fourth-order valence-electron chi connectivity index (χ4n) is 3.94. The van der Waals surface area contributed by atoms with Gasteiger partial charge in [-0.3, -0.25) is 13.9 Å². The topological polar surface area (TPSA) is 86.8 Å². The lowest BCUT2D eigenvalue weighted by molar-refractivity contribution is -0.141. The van der Waals surface area contributed by atoms with Crippen molar-refractivity contribution >= 4 is 50.7 Å². The summed E-state index contributed by atoms with van der Waals surface area (Å²) < 4.78 is 26.4. The van der Waals surface area contributed by atoms with E-state index in [1.807, 2.05) is 32.9 Å². The summed E-state index contributed by atoms with van der Waals surface area (Å²) in [5, 5.41) is 3.95. The second-order valence-electron chi connectivity index (χ2n) is 9.06. The standard InChI is InChI=1S/C26H35Cl2N3O4S/c1-6-23(26(33)29-18(2)3)30(17-20-12-14-21(27)15-13-20)25(32)11-8-16-31(36(5,34)35)24-10-7-9-22(28)19(24)4/h7,9-10,12-15,18,23H,6,8,11,16-17H2,1-5H3,(H,29,33)/t23-/m0/s1. The zero-order chi connectivity index (χ0) is 27.0. The third-order valence-corrected chi connectivity index (χ3v) is 7.58. The molecule has 2 aromatic carbocycles. The average molecular weight is 557 g/mol. The van der Waals surface area contributed by atoms with Gasteiger partial charge < -0.3 is 10.2 Å². The minimum atomic E-state index is -3.60. The predicted octanol–water partition coefficient (Wildman–Crippen LogP) is 5.18. The molecule has 0 aliphatic heterocycles. The van der Waals surface area contributed by atoms with Crippen molar-refractivity contribution < 1.29 is 18.0 Å². The van der Waals surface area contributed by atoms with Crippen LogP contribution in [-0.4, -0.2) is 50.0 Å². The SMILES string of the molecule is CC[C@@H](C(=O)NC(C)C)N(Cc1ccc(Cl)cc1)C(=O)CCCN(c1cccc(Cl)c1C)S(C)(=O)=O. The van der Waals surface area contributed by atoms with Crippen molar-refractivity contribution in [3.05, 3.63) is 63.6 Å². The molecule has 0 aliphatic rings. The Balaban J connectivity index is 2.24. The Morgan fingerprint density at radius 1 is 1.06 bits per heavy atom. The second kappa shape index (κ2) is 13.3. The lowest BCUT2D eigenvalue weighted by atomic mass is 10.1. The van der Waals surface area contributed by atoms with E-state index in [0.717, 1.165) is 11.8 Å². The maximum Gasteiger partial charge on any atom is 0.243 e. The van der Waals surface area contributed by atoms with Crippen molar-refractivity contribution in [2.24, 2.45) is 0 Å². The summed E-state index contributed by atoms with van der Waals surface area (Å²) in [4.78, 5) is 27.9. The molecule has 198 valence electrons. The molecule has 0 bridgehead atoms.